The van der Waals surface area contributed by atoms with E-state index >= 15 is 0 Å². The molecule has 0 radical (unpaired) electrons. The van der Waals surface area contributed by atoms with Gasteiger partial charge in [-0.2, -0.15) is 0 Å². The van der Waals surface area contributed by atoms with Gasteiger partial charge in [0.1, 0.15) is 6.04 Å². The summed E-state index contributed by atoms with van der Waals surface area (Å²) in [5, 5.41) is 3.58. The average molecular weight is 371 g/mol. The third-order valence-corrected chi connectivity index (χ3v) is 4.86. The first-order valence-corrected chi connectivity index (χ1v) is 9.36. The molecule has 1 aliphatic heterocycles. The third-order valence-electron chi connectivity index (χ3n) is 4.61. The molecular weight excluding hydrogens is 348 g/mol. The molecule has 0 saturated carbocycles. The van der Waals surface area contributed by atoms with E-state index in [2.05, 4.69) is 5.32 Å². The molecule has 4 nitrogen and oxygen atoms in total. The van der Waals surface area contributed by atoms with Gasteiger partial charge in [-0.25, -0.2) is 0 Å². The fourth-order valence-corrected chi connectivity index (χ4v) is 3.37. The minimum atomic E-state index is -0.532. The second kappa shape index (κ2) is 8.86. The molecule has 5 heteroatoms. The Morgan fingerprint density at radius 1 is 0.962 bits per heavy atom. The minimum absolute atomic E-state index is 0.0100. The van der Waals surface area contributed by atoms with Gasteiger partial charge in [0.15, 0.2) is 0 Å². The maximum Gasteiger partial charge on any atom is 0.245 e. The number of hydrogen-bond donors (Lipinski definition) is 1. The van der Waals surface area contributed by atoms with E-state index in [0.717, 1.165) is 37.1 Å². The van der Waals surface area contributed by atoms with Gasteiger partial charge in [0.2, 0.25) is 11.8 Å². The standard InChI is InChI=1S/C21H23ClN2O2/c22-18-10-8-17(9-11-18)15-20(25)23-19(14-16-6-2-1-3-7-16)21(26)24-12-4-5-13-24/h1-3,6-11,19H,4-5,12-15H2,(H,23,25)/t19-/m0/s1. The van der Waals surface area contributed by atoms with Crippen LogP contribution in [0.1, 0.15) is 24.0 Å². The molecular formula is C21H23ClN2O2. The number of amides is 2. The van der Waals surface area contributed by atoms with E-state index in [0.29, 0.717) is 11.4 Å². The molecule has 0 unspecified atom stereocenters. The van der Waals surface area contributed by atoms with Crippen LogP contribution in [0.25, 0.3) is 0 Å². The smallest absolute Gasteiger partial charge is 0.245 e. The number of hydrogen-bond acceptors (Lipinski definition) is 2. The van der Waals surface area contributed by atoms with Gasteiger partial charge in [0, 0.05) is 24.5 Å². The van der Waals surface area contributed by atoms with E-state index in [-0.39, 0.29) is 18.2 Å². The zero-order chi connectivity index (χ0) is 18.4. The van der Waals surface area contributed by atoms with Crippen molar-refractivity contribution in [1.82, 2.24) is 10.2 Å². The Labute approximate surface area is 159 Å². The summed E-state index contributed by atoms with van der Waals surface area (Å²) in [4.78, 5) is 27.2. The molecule has 0 bridgehead atoms. The Morgan fingerprint density at radius 2 is 1.62 bits per heavy atom. The lowest BCUT2D eigenvalue weighted by atomic mass is 10.0. The quantitative estimate of drug-likeness (QED) is 0.848. The summed E-state index contributed by atoms with van der Waals surface area (Å²) in [6, 6.07) is 16.5. The minimum Gasteiger partial charge on any atom is -0.344 e. The fraction of sp³-hybridized carbons (Fsp3) is 0.333. The summed E-state index contributed by atoms with van der Waals surface area (Å²) in [7, 11) is 0. The SMILES string of the molecule is O=C(Cc1ccc(Cl)cc1)N[C@@H](Cc1ccccc1)C(=O)N1CCCC1. The highest BCUT2D eigenvalue weighted by atomic mass is 35.5. The van der Waals surface area contributed by atoms with Crippen LogP contribution in [-0.2, 0) is 22.4 Å². The summed E-state index contributed by atoms with van der Waals surface area (Å²) in [6.07, 6.45) is 2.79. The average Bonchev–Trinajstić information content (AvgIpc) is 3.18. The molecule has 1 N–H and O–H groups in total. The third kappa shape index (κ3) is 5.09. The molecule has 0 spiro atoms. The van der Waals surface area contributed by atoms with E-state index < -0.39 is 6.04 Å². The topological polar surface area (TPSA) is 49.4 Å². The molecule has 1 fully saturated rings. The number of carbonyl (C=O) groups excluding carboxylic acids is 2. The first-order valence-electron chi connectivity index (χ1n) is 8.98. The molecule has 3 rings (SSSR count). The molecule has 26 heavy (non-hydrogen) atoms. The molecule has 1 atom stereocenters. The van der Waals surface area contributed by atoms with Gasteiger partial charge < -0.3 is 10.2 Å². The van der Waals surface area contributed by atoms with Gasteiger partial charge in [-0.3, -0.25) is 9.59 Å². The highest BCUT2D eigenvalue weighted by Gasteiger charge is 2.27. The fourth-order valence-electron chi connectivity index (χ4n) is 3.24. The zero-order valence-electron chi connectivity index (χ0n) is 14.7. The van der Waals surface area contributed by atoms with E-state index in [4.69, 9.17) is 11.6 Å². The monoisotopic (exact) mass is 370 g/mol. The van der Waals surface area contributed by atoms with E-state index in [1.807, 2.05) is 47.4 Å². The number of carbonyl (C=O) groups is 2. The van der Waals surface area contributed by atoms with Crippen LogP contribution in [0.5, 0.6) is 0 Å². The van der Waals surface area contributed by atoms with Crippen molar-refractivity contribution in [3.05, 3.63) is 70.7 Å². The number of benzene rings is 2. The number of likely N-dealkylation sites (tertiary alicyclic amines) is 1. The number of nitrogens with zero attached hydrogens (tertiary/aromatic N) is 1. The first-order chi connectivity index (χ1) is 12.6. The molecule has 0 aromatic heterocycles. The van der Waals surface area contributed by atoms with Gasteiger partial charge in [0.05, 0.1) is 6.42 Å². The lowest BCUT2D eigenvalue weighted by Crippen LogP contribution is -2.49. The lowest BCUT2D eigenvalue weighted by molar-refractivity contribution is -0.135. The van der Waals surface area contributed by atoms with Crippen molar-refractivity contribution in [3.8, 4) is 0 Å². The summed E-state index contributed by atoms with van der Waals surface area (Å²) in [6.45, 7) is 1.55. The van der Waals surface area contributed by atoms with Crippen LogP contribution in [0.15, 0.2) is 54.6 Å². The summed E-state index contributed by atoms with van der Waals surface area (Å²) < 4.78 is 0. The van der Waals surface area contributed by atoms with Crippen molar-refractivity contribution in [2.24, 2.45) is 0 Å². The summed E-state index contributed by atoms with van der Waals surface area (Å²) >= 11 is 5.89. The molecule has 1 saturated heterocycles. The van der Waals surface area contributed by atoms with E-state index in [9.17, 15) is 9.59 Å². The molecule has 1 aliphatic rings. The predicted molar refractivity (Wildman–Crippen MR) is 103 cm³/mol. The number of halogens is 1. The molecule has 2 amide bonds. The van der Waals surface area contributed by atoms with E-state index in [1.165, 1.54) is 0 Å². The Kier molecular flexibility index (Phi) is 6.29. The van der Waals surface area contributed by atoms with Crippen LogP contribution in [-0.4, -0.2) is 35.8 Å². The second-order valence-electron chi connectivity index (χ2n) is 6.65. The highest BCUT2D eigenvalue weighted by molar-refractivity contribution is 6.30. The van der Waals surface area contributed by atoms with Crippen LogP contribution < -0.4 is 5.32 Å². The maximum absolute atomic E-state index is 12.9. The predicted octanol–water partition coefficient (Wildman–Crippen LogP) is 3.23. The van der Waals surface area contributed by atoms with Crippen LogP contribution in [0.3, 0.4) is 0 Å². The van der Waals surface area contributed by atoms with Crippen LogP contribution >= 0.6 is 11.6 Å². The van der Waals surface area contributed by atoms with Crippen LogP contribution in [0, 0.1) is 0 Å². The highest BCUT2D eigenvalue weighted by Crippen LogP contribution is 2.13. The van der Waals surface area contributed by atoms with Crippen molar-refractivity contribution in [2.75, 3.05) is 13.1 Å². The summed E-state index contributed by atoms with van der Waals surface area (Å²) in [5.74, 6) is -0.142. The van der Waals surface area contributed by atoms with Crippen molar-refractivity contribution < 1.29 is 9.59 Å². The van der Waals surface area contributed by atoms with Crippen molar-refractivity contribution in [3.63, 3.8) is 0 Å². The summed E-state index contributed by atoms with van der Waals surface area (Å²) in [5.41, 5.74) is 1.91. The van der Waals surface area contributed by atoms with Gasteiger partial charge >= 0.3 is 0 Å². The van der Waals surface area contributed by atoms with Crippen molar-refractivity contribution >= 4 is 23.4 Å². The largest absolute Gasteiger partial charge is 0.344 e. The van der Waals surface area contributed by atoms with Gasteiger partial charge in [-0.15, -0.1) is 0 Å². The van der Waals surface area contributed by atoms with Gasteiger partial charge in [0.25, 0.3) is 0 Å². The Hall–Kier alpha value is -2.33. The molecule has 2 aromatic carbocycles. The Balaban J connectivity index is 1.68. The van der Waals surface area contributed by atoms with E-state index in [1.54, 1.807) is 12.1 Å². The number of rotatable bonds is 6. The maximum atomic E-state index is 12.9. The first kappa shape index (κ1) is 18.5. The zero-order valence-corrected chi connectivity index (χ0v) is 15.4. The molecule has 136 valence electrons. The lowest BCUT2D eigenvalue weighted by Gasteiger charge is -2.24. The molecule has 0 aliphatic carbocycles. The number of nitrogens with one attached hydrogen (secondary N) is 1. The van der Waals surface area contributed by atoms with Gasteiger partial charge in [-0.1, -0.05) is 54.1 Å². The molecule has 2 aromatic rings. The Bertz CT molecular complexity index is 740. The van der Waals surface area contributed by atoms with Crippen LogP contribution in [0.2, 0.25) is 5.02 Å². The normalized spacial score (nSPS) is 14.9. The van der Waals surface area contributed by atoms with Crippen LogP contribution in [0.4, 0.5) is 0 Å². The van der Waals surface area contributed by atoms with Crippen molar-refractivity contribution in [2.45, 2.75) is 31.7 Å². The molecule has 1 heterocycles. The van der Waals surface area contributed by atoms with Crippen molar-refractivity contribution in [1.29, 1.82) is 0 Å². The second-order valence-corrected chi connectivity index (χ2v) is 7.08. The Morgan fingerprint density at radius 3 is 2.27 bits per heavy atom. The van der Waals surface area contributed by atoms with Gasteiger partial charge in [-0.05, 0) is 36.1 Å².